The predicted molar refractivity (Wildman–Crippen MR) is 135 cm³/mol. The van der Waals surface area contributed by atoms with Crippen LogP contribution in [0.5, 0.6) is 0 Å². The fourth-order valence-electron chi connectivity index (χ4n) is 4.57. The molecule has 0 unspecified atom stereocenters. The second-order valence-electron chi connectivity index (χ2n) is 9.05. The van der Waals surface area contributed by atoms with Gasteiger partial charge in [-0.25, -0.2) is 0 Å². The number of likely N-dealkylation sites (tertiary alicyclic amines) is 1. The molecule has 1 aromatic heterocycles. The zero-order valence-corrected chi connectivity index (χ0v) is 20.0. The van der Waals surface area contributed by atoms with E-state index in [1.165, 1.54) is 4.90 Å². The number of rotatable bonds is 5. The summed E-state index contributed by atoms with van der Waals surface area (Å²) in [4.78, 5) is 42.2. The maximum absolute atomic E-state index is 13.0. The molecule has 2 fully saturated rings. The van der Waals surface area contributed by atoms with Gasteiger partial charge in [0.25, 0.3) is 11.1 Å². The molecule has 0 aliphatic carbocycles. The van der Waals surface area contributed by atoms with Crippen LogP contribution in [0.4, 0.5) is 4.79 Å². The third kappa shape index (κ3) is 4.53. The van der Waals surface area contributed by atoms with Crippen LogP contribution in [-0.2, 0) is 22.7 Å². The summed E-state index contributed by atoms with van der Waals surface area (Å²) in [5.74, 6) is 0.497. The minimum absolute atomic E-state index is 0.113. The summed E-state index contributed by atoms with van der Waals surface area (Å²) in [5.41, 5.74) is 2.69. The van der Waals surface area contributed by atoms with Crippen LogP contribution in [0, 0.1) is 5.92 Å². The van der Waals surface area contributed by atoms with Gasteiger partial charge in [-0.2, -0.15) is 0 Å². The molecule has 5 rings (SSSR count). The lowest BCUT2D eigenvalue weighted by molar-refractivity contribution is -0.133. The Balaban J connectivity index is 1.39. The van der Waals surface area contributed by atoms with Gasteiger partial charge in [0.15, 0.2) is 0 Å². The number of aromatic nitrogens is 1. The second-order valence-corrected chi connectivity index (χ2v) is 10.0. The Kier molecular flexibility index (Phi) is 6.28. The van der Waals surface area contributed by atoms with E-state index in [2.05, 4.69) is 6.92 Å². The van der Waals surface area contributed by atoms with E-state index >= 15 is 0 Å². The lowest BCUT2D eigenvalue weighted by Crippen LogP contribution is -2.39. The monoisotopic (exact) mass is 473 g/mol. The van der Waals surface area contributed by atoms with Gasteiger partial charge in [-0.1, -0.05) is 55.5 Å². The summed E-state index contributed by atoms with van der Waals surface area (Å²) < 4.78 is 1.95. The normalized spacial score (nSPS) is 18.4. The zero-order valence-electron chi connectivity index (χ0n) is 19.1. The number of fused-ring (bicyclic) bond motifs is 1. The Hall–Kier alpha value is -3.32. The van der Waals surface area contributed by atoms with Crippen LogP contribution in [-0.4, -0.2) is 44.5 Å². The van der Waals surface area contributed by atoms with Crippen molar-refractivity contribution in [2.24, 2.45) is 5.92 Å². The number of imide groups is 1. The molecule has 0 bridgehead atoms. The van der Waals surface area contributed by atoms with Crippen LogP contribution in [0.15, 0.2) is 65.7 Å². The molecule has 0 N–H and O–H groups in total. The highest BCUT2D eigenvalue weighted by molar-refractivity contribution is 8.18. The minimum atomic E-state index is -0.283. The number of hydrogen-bond acceptors (Lipinski definition) is 4. The first kappa shape index (κ1) is 22.5. The van der Waals surface area contributed by atoms with Crippen molar-refractivity contribution in [3.8, 4) is 0 Å². The molecule has 2 saturated heterocycles. The van der Waals surface area contributed by atoms with Crippen molar-refractivity contribution < 1.29 is 14.4 Å². The number of para-hydroxylation sites is 1. The molecule has 2 aromatic carbocycles. The van der Waals surface area contributed by atoms with Gasteiger partial charge in [0.2, 0.25) is 5.91 Å². The average Bonchev–Trinajstić information content (AvgIpc) is 3.32. The van der Waals surface area contributed by atoms with E-state index < -0.39 is 0 Å². The molecule has 3 aromatic rings. The molecule has 3 amide bonds. The van der Waals surface area contributed by atoms with Gasteiger partial charge in [0.1, 0.15) is 6.54 Å². The fraction of sp³-hybridized carbons (Fsp3) is 0.296. The van der Waals surface area contributed by atoms with E-state index in [1.54, 1.807) is 6.08 Å². The van der Waals surface area contributed by atoms with Gasteiger partial charge in [-0.05, 0) is 48.2 Å². The number of nitrogens with zero attached hydrogens (tertiary/aromatic N) is 3. The second kappa shape index (κ2) is 9.50. The number of carbonyl (C=O) groups is 3. The van der Waals surface area contributed by atoms with Crippen LogP contribution in [0.1, 0.15) is 30.9 Å². The topological polar surface area (TPSA) is 62.6 Å². The van der Waals surface area contributed by atoms with Gasteiger partial charge >= 0.3 is 0 Å². The van der Waals surface area contributed by atoms with Crippen molar-refractivity contribution in [3.63, 3.8) is 0 Å². The molecule has 3 heterocycles. The molecule has 34 heavy (non-hydrogen) atoms. The molecule has 0 radical (unpaired) electrons. The Bertz CT molecular complexity index is 1270. The number of carbonyl (C=O) groups excluding carboxylic acids is 3. The van der Waals surface area contributed by atoms with Crippen LogP contribution in [0.3, 0.4) is 0 Å². The molecular weight excluding hydrogens is 446 g/mol. The van der Waals surface area contributed by atoms with E-state index in [4.69, 9.17) is 0 Å². The Morgan fingerprint density at radius 3 is 2.50 bits per heavy atom. The van der Waals surface area contributed by atoms with Gasteiger partial charge in [-0.15, -0.1) is 0 Å². The predicted octanol–water partition coefficient (Wildman–Crippen LogP) is 5.14. The Morgan fingerprint density at radius 1 is 1.03 bits per heavy atom. The van der Waals surface area contributed by atoms with Crippen molar-refractivity contribution in [3.05, 3.63) is 76.8 Å². The van der Waals surface area contributed by atoms with Crippen molar-refractivity contribution in [1.82, 2.24) is 14.4 Å². The van der Waals surface area contributed by atoms with Crippen molar-refractivity contribution in [2.45, 2.75) is 32.9 Å². The fourth-order valence-corrected chi connectivity index (χ4v) is 5.40. The lowest BCUT2D eigenvalue weighted by atomic mass is 9.99. The molecule has 2 aliphatic heterocycles. The highest BCUT2D eigenvalue weighted by Gasteiger charge is 2.35. The first-order chi connectivity index (χ1) is 16.5. The first-order valence-corrected chi connectivity index (χ1v) is 12.5. The van der Waals surface area contributed by atoms with Gasteiger partial charge in [0.05, 0.1) is 11.4 Å². The molecule has 6 nitrogen and oxygen atoms in total. The summed E-state index contributed by atoms with van der Waals surface area (Å²) in [7, 11) is 0. The Morgan fingerprint density at radius 2 is 1.74 bits per heavy atom. The number of piperidine rings is 1. The van der Waals surface area contributed by atoms with E-state index in [0.29, 0.717) is 10.8 Å². The quantitative estimate of drug-likeness (QED) is 0.482. The van der Waals surface area contributed by atoms with Crippen molar-refractivity contribution in [2.75, 3.05) is 13.1 Å². The summed E-state index contributed by atoms with van der Waals surface area (Å²) >= 11 is 0.965. The summed E-state index contributed by atoms with van der Waals surface area (Å²) in [6.45, 7) is 4.36. The smallest absolute Gasteiger partial charge is 0.293 e. The van der Waals surface area contributed by atoms with Crippen LogP contribution in [0.2, 0.25) is 0 Å². The summed E-state index contributed by atoms with van der Waals surface area (Å²) in [5, 5.41) is 0.691. The highest BCUT2D eigenvalue weighted by Crippen LogP contribution is 2.35. The number of thioether (sulfide) groups is 1. The standard InChI is InChI=1S/C27H27N3O3S/c1-19-11-13-28(14-12-19)25(31)18-29-17-21(22-9-5-6-10-23(22)29)15-24-26(32)30(27(33)34-24)16-20-7-3-2-4-8-20/h2-10,15,17,19H,11-14,16,18H2,1H3/b24-15-. The molecule has 0 saturated carbocycles. The first-order valence-electron chi connectivity index (χ1n) is 11.6. The van der Waals surface area contributed by atoms with E-state index in [1.807, 2.05) is 70.3 Å². The minimum Gasteiger partial charge on any atom is -0.341 e. The van der Waals surface area contributed by atoms with E-state index in [0.717, 1.165) is 59.7 Å². The molecule has 0 spiro atoms. The SMILES string of the molecule is CC1CCN(C(=O)Cn2cc(/C=C3\SC(=O)N(Cc4ccccc4)C3=O)c3ccccc32)CC1. The van der Waals surface area contributed by atoms with Crippen molar-refractivity contribution in [1.29, 1.82) is 0 Å². The van der Waals surface area contributed by atoms with Gasteiger partial charge in [0, 0.05) is 35.8 Å². The lowest BCUT2D eigenvalue weighted by Gasteiger charge is -2.30. The van der Waals surface area contributed by atoms with Crippen LogP contribution >= 0.6 is 11.8 Å². The molecule has 0 atom stereocenters. The number of amides is 3. The number of hydrogen-bond donors (Lipinski definition) is 0. The van der Waals surface area contributed by atoms with Gasteiger partial charge in [-0.3, -0.25) is 19.3 Å². The molecular formula is C27H27N3O3S. The summed E-state index contributed by atoms with van der Waals surface area (Å²) in [6, 6.07) is 17.4. The molecule has 7 heteroatoms. The van der Waals surface area contributed by atoms with Gasteiger partial charge < -0.3 is 9.47 Å². The highest BCUT2D eigenvalue weighted by atomic mass is 32.2. The summed E-state index contributed by atoms with van der Waals surface area (Å²) in [6.07, 6.45) is 5.78. The molecule has 174 valence electrons. The zero-order chi connectivity index (χ0) is 23.7. The van der Waals surface area contributed by atoms with Crippen LogP contribution in [0.25, 0.3) is 17.0 Å². The van der Waals surface area contributed by atoms with E-state index in [-0.39, 0.29) is 30.1 Å². The number of benzene rings is 2. The third-order valence-corrected chi connectivity index (χ3v) is 7.51. The average molecular weight is 474 g/mol. The van der Waals surface area contributed by atoms with Crippen LogP contribution < -0.4 is 0 Å². The van der Waals surface area contributed by atoms with E-state index in [9.17, 15) is 14.4 Å². The third-order valence-electron chi connectivity index (χ3n) is 6.61. The molecule has 2 aliphatic rings. The largest absolute Gasteiger partial charge is 0.341 e. The maximum atomic E-state index is 13.0. The van der Waals surface area contributed by atoms with Crippen molar-refractivity contribution >= 4 is 45.8 Å². The Labute approximate surface area is 203 Å². The maximum Gasteiger partial charge on any atom is 0.293 e.